The number of rotatable bonds is 7. The van der Waals surface area contributed by atoms with Crippen LogP contribution in [0.15, 0.2) is 121 Å². The number of hydrogen-bond donors (Lipinski definition) is 0. The van der Waals surface area contributed by atoms with Crippen LogP contribution < -0.4 is 14.5 Å². The van der Waals surface area contributed by atoms with Crippen molar-refractivity contribution in [3.63, 3.8) is 0 Å². The number of hydrogen-bond acceptors (Lipinski definition) is 7. The second-order valence-electron chi connectivity index (χ2n) is 9.60. The summed E-state index contributed by atoms with van der Waals surface area (Å²) in [6, 6.07) is 26.2. The fraction of sp³-hybridized carbons (Fsp3) is 0. The molecule has 0 spiro atoms. The third-order valence-corrected chi connectivity index (χ3v) is 6.91. The van der Waals surface area contributed by atoms with E-state index in [0.29, 0.717) is 28.3 Å². The highest BCUT2D eigenvalue weighted by Gasteiger charge is 2.26. The van der Waals surface area contributed by atoms with Crippen LogP contribution in [0, 0.1) is 0 Å². The summed E-state index contributed by atoms with van der Waals surface area (Å²) >= 11 is 0. The van der Waals surface area contributed by atoms with E-state index in [-0.39, 0.29) is 11.3 Å². The van der Waals surface area contributed by atoms with Gasteiger partial charge in [-0.25, -0.2) is 14.6 Å². The molecule has 0 N–H and O–H groups in total. The molecule has 0 fully saturated rings. The summed E-state index contributed by atoms with van der Waals surface area (Å²) < 4.78 is 5.46. The summed E-state index contributed by atoms with van der Waals surface area (Å²) in [6.45, 7) is 0. The number of ether oxygens (including phenoxy) is 1. The van der Waals surface area contributed by atoms with Gasteiger partial charge in [-0.15, -0.1) is 0 Å². The fourth-order valence-corrected chi connectivity index (χ4v) is 4.68. The molecule has 0 aliphatic carbocycles. The molecule has 4 aromatic carbocycles. The lowest BCUT2D eigenvalue weighted by molar-refractivity contribution is -0.121. The summed E-state index contributed by atoms with van der Waals surface area (Å²) in [5, 5.41) is 0. The summed E-state index contributed by atoms with van der Waals surface area (Å²) in [4.78, 5) is 75.1. The molecule has 2 aliphatic rings. The number of esters is 1. The minimum Gasteiger partial charge on any atom is -0.423 e. The number of anilines is 2. The maximum atomic E-state index is 13.0. The molecule has 2 aliphatic heterocycles. The highest BCUT2D eigenvalue weighted by molar-refractivity contribution is 6.29. The average molecular weight is 569 g/mol. The molecule has 4 amide bonds. The highest BCUT2D eigenvalue weighted by Crippen LogP contribution is 2.26. The number of amides is 4. The number of imide groups is 2. The van der Waals surface area contributed by atoms with Gasteiger partial charge in [-0.1, -0.05) is 36.4 Å². The van der Waals surface area contributed by atoms with Crippen molar-refractivity contribution in [2.24, 2.45) is 0 Å². The Bertz CT molecular complexity index is 1830. The molecule has 9 nitrogen and oxygen atoms in total. The van der Waals surface area contributed by atoms with Crippen LogP contribution in [0.2, 0.25) is 0 Å². The minimum absolute atomic E-state index is 0.208. The number of carbonyl (C=O) groups is 6. The number of benzene rings is 4. The van der Waals surface area contributed by atoms with E-state index in [4.69, 9.17) is 4.74 Å². The van der Waals surface area contributed by atoms with Gasteiger partial charge in [-0.2, -0.15) is 0 Å². The molecule has 6 rings (SSSR count). The molecule has 2 heterocycles. The van der Waals surface area contributed by atoms with E-state index >= 15 is 0 Å². The average Bonchev–Trinajstić information content (AvgIpc) is 3.56. The molecule has 208 valence electrons. The lowest BCUT2D eigenvalue weighted by Gasteiger charge is -2.14. The van der Waals surface area contributed by atoms with Crippen LogP contribution in [0.5, 0.6) is 5.75 Å². The molecular weight excluding hydrogens is 548 g/mol. The van der Waals surface area contributed by atoms with E-state index in [2.05, 4.69) is 0 Å². The summed E-state index contributed by atoms with van der Waals surface area (Å²) in [6.07, 6.45) is 4.78. The summed E-state index contributed by atoms with van der Waals surface area (Å²) in [5.74, 6) is -2.21. The van der Waals surface area contributed by atoms with Crippen molar-refractivity contribution in [2.75, 3.05) is 9.80 Å². The van der Waals surface area contributed by atoms with E-state index < -0.39 is 29.6 Å². The van der Waals surface area contributed by atoms with Gasteiger partial charge in [0.05, 0.1) is 16.9 Å². The first-order chi connectivity index (χ1) is 20.8. The number of ketones is 1. The molecule has 0 saturated carbocycles. The summed E-state index contributed by atoms with van der Waals surface area (Å²) in [5.41, 5.74) is 3.58. The van der Waals surface area contributed by atoms with Crippen LogP contribution in [0.3, 0.4) is 0 Å². The largest absolute Gasteiger partial charge is 0.423 e. The lowest BCUT2D eigenvalue weighted by atomic mass is 9.99. The fourth-order valence-electron chi connectivity index (χ4n) is 4.68. The second-order valence-corrected chi connectivity index (χ2v) is 9.60. The zero-order valence-electron chi connectivity index (χ0n) is 22.3. The van der Waals surface area contributed by atoms with Crippen molar-refractivity contribution in [1.82, 2.24) is 0 Å². The third kappa shape index (κ3) is 5.30. The standard InChI is InChI=1S/C34H20N2O7/c37-29-17-18-30(38)35(29)26-11-5-24(6-12-26)33(41)23-3-1-21(2-4-23)22-9-15-28(16-10-22)43-34(42)25-7-13-27(14-8-25)36-31(39)19-20-32(36)40/h1-20H. The minimum atomic E-state index is -0.595. The van der Waals surface area contributed by atoms with Crippen LogP contribution in [0.25, 0.3) is 11.1 Å². The molecule has 9 heteroatoms. The van der Waals surface area contributed by atoms with E-state index in [9.17, 15) is 28.8 Å². The Balaban J connectivity index is 1.08. The quantitative estimate of drug-likeness (QED) is 0.138. The van der Waals surface area contributed by atoms with Gasteiger partial charge in [0.1, 0.15) is 5.75 Å². The molecule has 0 saturated heterocycles. The zero-order valence-corrected chi connectivity index (χ0v) is 22.3. The first kappa shape index (κ1) is 27.0. The van der Waals surface area contributed by atoms with Crippen LogP contribution in [0.1, 0.15) is 26.3 Å². The Morgan fingerprint density at radius 2 is 0.791 bits per heavy atom. The van der Waals surface area contributed by atoms with Gasteiger partial charge < -0.3 is 4.74 Å². The molecule has 4 aromatic rings. The molecule has 43 heavy (non-hydrogen) atoms. The van der Waals surface area contributed by atoms with Gasteiger partial charge in [0.2, 0.25) is 0 Å². The Morgan fingerprint density at radius 3 is 1.21 bits per heavy atom. The van der Waals surface area contributed by atoms with Crippen LogP contribution in [0.4, 0.5) is 11.4 Å². The maximum absolute atomic E-state index is 13.0. The Morgan fingerprint density at radius 1 is 0.442 bits per heavy atom. The van der Waals surface area contributed by atoms with Gasteiger partial charge in [0.15, 0.2) is 5.78 Å². The van der Waals surface area contributed by atoms with Gasteiger partial charge in [0, 0.05) is 35.4 Å². The monoisotopic (exact) mass is 568 g/mol. The molecule has 0 radical (unpaired) electrons. The second kappa shape index (κ2) is 11.0. The Kier molecular flexibility index (Phi) is 6.89. The third-order valence-electron chi connectivity index (χ3n) is 6.91. The van der Waals surface area contributed by atoms with Crippen LogP contribution >= 0.6 is 0 Å². The number of nitrogens with zero attached hydrogens (tertiary/aromatic N) is 2. The van der Waals surface area contributed by atoms with Gasteiger partial charge in [-0.05, 0) is 71.8 Å². The van der Waals surface area contributed by atoms with Crippen molar-refractivity contribution in [3.05, 3.63) is 138 Å². The SMILES string of the molecule is O=C(Oc1ccc(-c2ccc(C(=O)c3ccc(N4C(=O)C=CC4=O)cc3)cc2)cc1)c1ccc(N2C(=O)C=CC2=O)cc1. The maximum Gasteiger partial charge on any atom is 0.343 e. The predicted octanol–water partition coefficient (Wildman–Crippen LogP) is 4.66. The van der Waals surface area contributed by atoms with Crippen LogP contribution in [-0.4, -0.2) is 35.4 Å². The summed E-state index contributed by atoms with van der Waals surface area (Å²) in [7, 11) is 0. The van der Waals surface area contributed by atoms with Crippen molar-refractivity contribution in [3.8, 4) is 16.9 Å². The molecule has 0 atom stereocenters. The lowest BCUT2D eigenvalue weighted by Crippen LogP contribution is -2.29. The highest BCUT2D eigenvalue weighted by atomic mass is 16.5. The van der Waals surface area contributed by atoms with Crippen molar-refractivity contribution in [1.29, 1.82) is 0 Å². The zero-order chi connectivity index (χ0) is 30.1. The first-order valence-electron chi connectivity index (χ1n) is 13.1. The van der Waals surface area contributed by atoms with Crippen molar-refractivity contribution < 1.29 is 33.5 Å². The molecule has 0 unspecified atom stereocenters. The van der Waals surface area contributed by atoms with E-state index in [0.717, 1.165) is 20.9 Å². The topological polar surface area (TPSA) is 118 Å². The van der Waals surface area contributed by atoms with E-state index in [1.54, 1.807) is 60.7 Å². The number of carbonyl (C=O) groups excluding carboxylic acids is 6. The molecule has 0 bridgehead atoms. The predicted molar refractivity (Wildman–Crippen MR) is 156 cm³/mol. The van der Waals surface area contributed by atoms with Crippen molar-refractivity contribution in [2.45, 2.75) is 0 Å². The van der Waals surface area contributed by atoms with Gasteiger partial charge >= 0.3 is 5.97 Å². The smallest absolute Gasteiger partial charge is 0.343 e. The van der Waals surface area contributed by atoms with Crippen molar-refractivity contribution >= 4 is 46.8 Å². The first-order valence-corrected chi connectivity index (χ1v) is 13.1. The molecule has 0 aromatic heterocycles. The Labute approximate surface area is 244 Å². The Hall–Kier alpha value is -6.22. The van der Waals surface area contributed by atoms with Gasteiger partial charge in [0.25, 0.3) is 23.6 Å². The van der Waals surface area contributed by atoms with Gasteiger partial charge in [-0.3, -0.25) is 24.0 Å². The van der Waals surface area contributed by atoms with E-state index in [1.165, 1.54) is 48.6 Å². The van der Waals surface area contributed by atoms with Crippen LogP contribution in [-0.2, 0) is 19.2 Å². The molecular formula is C34H20N2O7. The van der Waals surface area contributed by atoms with E-state index in [1.807, 2.05) is 12.1 Å². The normalized spacial score (nSPS) is 14.1.